The third-order valence-electron chi connectivity index (χ3n) is 4.37. The average molecular weight is 331 g/mol. The summed E-state index contributed by atoms with van der Waals surface area (Å²) in [6, 6.07) is 3.57. The van der Waals surface area contributed by atoms with Gasteiger partial charge in [-0.05, 0) is 18.6 Å². The van der Waals surface area contributed by atoms with Crippen LogP contribution in [0.1, 0.15) is 25.6 Å². The van der Waals surface area contributed by atoms with E-state index in [-0.39, 0.29) is 32.0 Å². The van der Waals surface area contributed by atoms with Gasteiger partial charge in [-0.1, -0.05) is 6.92 Å². The van der Waals surface area contributed by atoms with Crippen LogP contribution in [-0.4, -0.2) is 47.0 Å². The van der Waals surface area contributed by atoms with Crippen molar-refractivity contribution in [2.75, 3.05) is 12.3 Å². The van der Waals surface area contributed by atoms with Gasteiger partial charge in [-0.2, -0.15) is 0 Å². The first-order valence-electron chi connectivity index (χ1n) is 7.86. The summed E-state index contributed by atoms with van der Waals surface area (Å²) in [5.41, 5.74) is 7.21. The van der Waals surface area contributed by atoms with Crippen LogP contribution in [0.25, 0.3) is 22.1 Å². The molecular weight excluding hydrogens is 310 g/mol. The van der Waals surface area contributed by atoms with Crippen molar-refractivity contribution in [3.05, 3.63) is 24.2 Å². The highest BCUT2D eigenvalue weighted by molar-refractivity contribution is 6.04. The maximum Gasteiger partial charge on any atom is 0.152 e. The Kier molecular flexibility index (Phi) is 4.35. The van der Waals surface area contributed by atoms with Crippen molar-refractivity contribution >= 4 is 27.9 Å². The molecule has 0 amide bonds. The Hall–Kier alpha value is -2.29. The smallest absolute Gasteiger partial charge is 0.152 e. The van der Waals surface area contributed by atoms with Crippen molar-refractivity contribution in [1.82, 2.24) is 19.5 Å². The Morgan fingerprint density at radius 1 is 1.25 bits per heavy atom. The molecule has 1 atom stereocenters. The zero-order valence-electron chi connectivity index (χ0n) is 13.5. The molecule has 3 heterocycles. The van der Waals surface area contributed by atoms with E-state index < -0.39 is 5.60 Å². The van der Waals surface area contributed by atoms with Crippen LogP contribution in [0.3, 0.4) is 0 Å². The summed E-state index contributed by atoms with van der Waals surface area (Å²) in [5, 5.41) is 29.7. The molecule has 3 aromatic heterocycles. The Labute approximate surface area is 138 Å². The number of anilines is 1. The van der Waals surface area contributed by atoms with E-state index in [1.807, 2.05) is 6.92 Å². The molecule has 5 N–H and O–H groups in total. The minimum atomic E-state index is -1.12. The summed E-state index contributed by atoms with van der Waals surface area (Å²) in [7, 11) is 0. The minimum Gasteiger partial charge on any atom is -0.396 e. The number of rotatable bonds is 6. The number of aliphatic hydroxyl groups is 3. The van der Waals surface area contributed by atoms with Gasteiger partial charge in [0.1, 0.15) is 29.0 Å². The number of imidazole rings is 1. The average Bonchev–Trinajstić information content (AvgIpc) is 2.94. The number of fused-ring (bicyclic) bond motifs is 3. The maximum absolute atomic E-state index is 10.8. The highest BCUT2D eigenvalue weighted by Gasteiger charge is 2.28. The first-order valence-corrected chi connectivity index (χ1v) is 7.86. The minimum absolute atomic E-state index is 0.131. The molecule has 0 saturated heterocycles. The number of nitrogens with two attached hydrogens (primary N) is 1. The molecule has 0 aromatic carbocycles. The second-order valence-electron chi connectivity index (χ2n) is 5.89. The van der Waals surface area contributed by atoms with Crippen LogP contribution in [0.5, 0.6) is 0 Å². The second-order valence-corrected chi connectivity index (χ2v) is 5.89. The van der Waals surface area contributed by atoms with Crippen LogP contribution in [0.15, 0.2) is 18.3 Å². The predicted octanol–water partition coefficient (Wildman–Crippen LogP) is 0.577. The normalized spacial score (nSPS) is 14.3. The van der Waals surface area contributed by atoms with E-state index in [1.54, 1.807) is 22.9 Å². The number of nitrogens with zero attached hydrogens (tertiary/aromatic N) is 4. The molecule has 24 heavy (non-hydrogen) atoms. The van der Waals surface area contributed by atoms with E-state index >= 15 is 0 Å². The second kappa shape index (κ2) is 6.31. The number of hydrogen-bond donors (Lipinski definition) is 4. The van der Waals surface area contributed by atoms with Crippen molar-refractivity contribution in [3.8, 4) is 0 Å². The van der Waals surface area contributed by atoms with E-state index in [2.05, 4.69) is 15.0 Å². The van der Waals surface area contributed by atoms with Crippen LogP contribution in [0.2, 0.25) is 0 Å². The van der Waals surface area contributed by atoms with Crippen molar-refractivity contribution < 1.29 is 15.3 Å². The molecule has 0 aliphatic heterocycles. The molecule has 3 rings (SSSR count). The molecule has 128 valence electrons. The molecule has 8 heteroatoms. The van der Waals surface area contributed by atoms with E-state index in [0.717, 1.165) is 0 Å². The van der Waals surface area contributed by atoms with Crippen molar-refractivity contribution in [2.24, 2.45) is 0 Å². The number of aliphatic hydroxyl groups excluding tert-OH is 2. The fourth-order valence-corrected chi connectivity index (χ4v) is 2.93. The Balaban J connectivity index is 2.29. The van der Waals surface area contributed by atoms with Gasteiger partial charge in [-0.15, -0.1) is 0 Å². The lowest BCUT2D eigenvalue weighted by Crippen LogP contribution is -2.35. The van der Waals surface area contributed by atoms with E-state index in [9.17, 15) is 15.3 Å². The third-order valence-corrected chi connectivity index (χ3v) is 4.37. The quantitative estimate of drug-likeness (QED) is 0.519. The van der Waals surface area contributed by atoms with Crippen molar-refractivity contribution in [3.63, 3.8) is 0 Å². The van der Waals surface area contributed by atoms with Gasteiger partial charge in [0, 0.05) is 19.2 Å². The summed E-state index contributed by atoms with van der Waals surface area (Å²) < 4.78 is 1.72. The van der Waals surface area contributed by atoms with Crippen molar-refractivity contribution in [1.29, 1.82) is 0 Å². The third kappa shape index (κ3) is 2.68. The van der Waals surface area contributed by atoms with Crippen LogP contribution in [0.4, 0.5) is 5.82 Å². The summed E-state index contributed by atoms with van der Waals surface area (Å²) in [6.07, 6.45) is 2.32. The number of nitrogen functional groups attached to an aromatic ring is 1. The maximum atomic E-state index is 10.8. The number of hydrogen-bond acceptors (Lipinski definition) is 7. The van der Waals surface area contributed by atoms with Gasteiger partial charge in [-0.3, -0.25) is 4.98 Å². The summed E-state index contributed by atoms with van der Waals surface area (Å²) >= 11 is 0. The van der Waals surface area contributed by atoms with E-state index in [1.165, 1.54) is 0 Å². The lowest BCUT2D eigenvalue weighted by molar-refractivity contribution is -0.00353. The molecule has 0 radical (unpaired) electrons. The molecule has 0 fully saturated rings. The molecule has 0 aliphatic rings. The summed E-state index contributed by atoms with van der Waals surface area (Å²) in [4.78, 5) is 13.0. The lowest BCUT2D eigenvalue weighted by atomic mass is 9.96. The molecule has 0 aliphatic carbocycles. The molecule has 0 bridgehead atoms. The zero-order chi connectivity index (χ0) is 17.3. The van der Waals surface area contributed by atoms with Gasteiger partial charge in [0.15, 0.2) is 5.82 Å². The standard InChI is InChI=1S/C16H21N5O3/c1-2-16(24,5-7-22)9-21-11(8-23)20-13-14(21)12-10(19-15(13)17)4-3-6-18-12/h3-4,6,22-24H,2,5,7-9H2,1H3,(H2,17,19). The number of pyridine rings is 2. The van der Waals surface area contributed by atoms with Crippen LogP contribution in [0, 0.1) is 0 Å². The Morgan fingerprint density at radius 2 is 2.04 bits per heavy atom. The fraction of sp³-hybridized carbons (Fsp3) is 0.438. The Bertz CT molecular complexity index is 879. The molecular formula is C16H21N5O3. The SMILES string of the molecule is CCC(O)(CCO)Cn1c(CO)nc2c(N)nc3cccnc3c21. The summed E-state index contributed by atoms with van der Waals surface area (Å²) in [6.45, 7) is 1.58. The molecule has 0 spiro atoms. The first-order chi connectivity index (χ1) is 11.5. The molecule has 1 unspecified atom stereocenters. The fourth-order valence-electron chi connectivity index (χ4n) is 2.93. The molecule has 0 saturated carbocycles. The largest absolute Gasteiger partial charge is 0.396 e. The van der Waals surface area contributed by atoms with Crippen LogP contribution in [-0.2, 0) is 13.2 Å². The highest BCUT2D eigenvalue weighted by atomic mass is 16.3. The monoisotopic (exact) mass is 331 g/mol. The van der Waals surface area contributed by atoms with Crippen LogP contribution >= 0.6 is 0 Å². The molecule has 8 nitrogen and oxygen atoms in total. The van der Waals surface area contributed by atoms with Crippen LogP contribution < -0.4 is 5.73 Å². The summed E-state index contributed by atoms with van der Waals surface area (Å²) in [5.74, 6) is 0.627. The van der Waals surface area contributed by atoms with Crippen molar-refractivity contribution in [2.45, 2.75) is 38.5 Å². The lowest BCUT2D eigenvalue weighted by Gasteiger charge is -2.27. The topological polar surface area (TPSA) is 130 Å². The van der Waals surface area contributed by atoms with Gasteiger partial charge < -0.3 is 25.6 Å². The number of aromatic nitrogens is 4. The highest BCUT2D eigenvalue weighted by Crippen LogP contribution is 2.30. The molecule has 3 aromatic rings. The zero-order valence-corrected chi connectivity index (χ0v) is 13.5. The van der Waals surface area contributed by atoms with E-state index in [4.69, 9.17) is 5.73 Å². The van der Waals surface area contributed by atoms with E-state index in [0.29, 0.717) is 34.3 Å². The van der Waals surface area contributed by atoms with Gasteiger partial charge in [0.05, 0.1) is 17.7 Å². The predicted molar refractivity (Wildman–Crippen MR) is 90.1 cm³/mol. The Morgan fingerprint density at radius 3 is 2.71 bits per heavy atom. The van der Waals surface area contributed by atoms with Gasteiger partial charge in [0.2, 0.25) is 0 Å². The van der Waals surface area contributed by atoms with Gasteiger partial charge in [-0.25, -0.2) is 9.97 Å². The first kappa shape index (κ1) is 16.6. The van der Waals surface area contributed by atoms with Gasteiger partial charge in [0.25, 0.3) is 0 Å². The van der Waals surface area contributed by atoms with Gasteiger partial charge >= 0.3 is 0 Å².